The number of benzene rings is 1. The zero-order chi connectivity index (χ0) is 19.6. The third-order valence-electron chi connectivity index (χ3n) is 3.94. The molecule has 0 aliphatic rings. The Morgan fingerprint density at radius 2 is 2.19 bits per heavy atom. The first-order valence-electron chi connectivity index (χ1n) is 8.01. The Morgan fingerprint density at radius 3 is 2.81 bits per heavy atom. The van der Waals surface area contributed by atoms with Gasteiger partial charge in [0.25, 0.3) is 0 Å². The largest absolute Gasteiger partial charge is 0.469 e. The van der Waals surface area contributed by atoms with Crippen molar-refractivity contribution in [2.75, 3.05) is 5.32 Å². The van der Waals surface area contributed by atoms with Crippen LogP contribution in [0.3, 0.4) is 0 Å². The molecular formula is C18H16ClN5O2S. The van der Waals surface area contributed by atoms with Gasteiger partial charge in [0.1, 0.15) is 11.8 Å². The van der Waals surface area contributed by atoms with Crippen LogP contribution in [0.4, 0.5) is 5.69 Å². The van der Waals surface area contributed by atoms with E-state index in [1.165, 1.54) is 11.8 Å². The van der Waals surface area contributed by atoms with E-state index in [2.05, 4.69) is 15.5 Å². The van der Waals surface area contributed by atoms with Gasteiger partial charge in [0.05, 0.1) is 27.7 Å². The molecule has 2 aromatic heterocycles. The molecule has 3 rings (SSSR count). The topological polar surface area (TPSA) is 96.7 Å². The highest BCUT2D eigenvalue weighted by atomic mass is 35.5. The molecule has 0 aliphatic heterocycles. The van der Waals surface area contributed by atoms with Gasteiger partial charge in [0.15, 0.2) is 11.0 Å². The maximum atomic E-state index is 12.5. The lowest BCUT2D eigenvalue weighted by Gasteiger charge is -2.12. The van der Waals surface area contributed by atoms with Gasteiger partial charge in [-0.1, -0.05) is 23.4 Å². The Morgan fingerprint density at radius 1 is 1.41 bits per heavy atom. The molecule has 0 bridgehead atoms. The number of nitrogens with one attached hydrogen (secondary N) is 1. The summed E-state index contributed by atoms with van der Waals surface area (Å²) in [4.78, 5) is 12.5. The van der Waals surface area contributed by atoms with Crippen molar-refractivity contribution < 1.29 is 9.21 Å². The lowest BCUT2D eigenvalue weighted by atomic mass is 10.2. The second kappa shape index (κ2) is 7.86. The number of amides is 1. The van der Waals surface area contributed by atoms with Crippen LogP contribution in [0.2, 0.25) is 5.02 Å². The fourth-order valence-electron chi connectivity index (χ4n) is 2.41. The van der Waals surface area contributed by atoms with Crippen molar-refractivity contribution in [3.05, 3.63) is 46.9 Å². The molecular weight excluding hydrogens is 386 g/mol. The minimum absolute atomic E-state index is 0.204. The fraction of sp³-hybridized carbons (Fsp3) is 0.222. The average Bonchev–Trinajstić information content (AvgIpc) is 3.21. The van der Waals surface area contributed by atoms with Crippen LogP contribution in [0.5, 0.6) is 0 Å². The molecule has 0 saturated heterocycles. The quantitative estimate of drug-likeness (QED) is 0.648. The third kappa shape index (κ3) is 3.99. The molecule has 1 aromatic carbocycles. The van der Waals surface area contributed by atoms with Crippen LogP contribution in [0.1, 0.15) is 18.2 Å². The minimum Gasteiger partial charge on any atom is -0.469 e. The second-order valence-corrected chi connectivity index (χ2v) is 7.53. The molecule has 0 fully saturated rings. The molecule has 138 valence electrons. The Labute approximate surface area is 165 Å². The molecule has 1 N–H and O–H groups in total. The summed E-state index contributed by atoms with van der Waals surface area (Å²) >= 11 is 7.29. The number of carbonyl (C=O) groups is 1. The second-order valence-electron chi connectivity index (χ2n) is 5.81. The number of rotatable bonds is 5. The molecule has 9 heteroatoms. The van der Waals surface area contributed by atoms with Crippen LogP contribution in [-0.2, 0) is 11.8 Å². The summed E-state index contributed by atoms with van der Waals surface area (Å²) in [5.74, 6) is 1.23. The van der Waals surface area contributed by atoms with Crippen LogP contribution in [0.25, 0.3) is 11.4 Å². The van der Waals surface area contributed by atoms with Crippen LogP contribution in [0.15, 0.2) is 40.1 Å². The van der Waals surface area contributed by atoms with Gasteiger partial charge >= 0.3 is 0 Å². The zero-order valence-electron chi connectivity index (χ0n) is 14.9. The first-order valence-corrected chi connectivity index (χ1v) is 9.27. The Bertz CT molecular complexity index is 1040. The van der Waals surface area contributed by atoms with Crippen LogP contribution in [0, 0.1) is 18.3 Å². The van der Waals surface area contributed by atoms with E-state index in [0.717, 1.165) is 11.3 Å². The first kappa shape index (κ1) is 19.0. The molecule has 3 aromatic rings. The maximum absolute atomic E-state index is 12.5. The molecule has 0 saturated carbocycles. The lowest BCUT2D eigenvalue weighted by molar-refractivity contribution is -0.115. The van der Waals surface area contributed by atoms with Gasteiger partial charge in [0, 0.05) is 12.7 Å². The van der Waals surface area contributed by atoms with Gasteiger partial charge < -0.3 is 14.3 Å². The number of anilines is 1. The number of halogens is 1. The van der Waals surface area contributed by atoms with Crippen LogP contribution < -0.4 is 5.32 Å². The van der Waals surface area contributed by atoms with Crippen LogP contribution in [-0.4, -0.2) is 25.9 Å². The molecule has 0 aliphatic carbocycles. The summed E-state index contributed by atoms with van der Waals surface area (Å²) in [7, 11) is 1.84. The van der Waals surface area contributed by atoms with Crippen molar-refractivity contribution in [1.29, 1.82) is 5.26 Å². The highest BCUT2D eigenvalue weighted by molar-refractivity contribution is 8.00. The number of nitrogens with zero attached hydrogens (tertiary/aromatic N) is 4. The van der Waals surface area contributed by atoms with E-state index in [9.17, 15) is 4.79 Å². The van der Waals surface area contributed by atoms with Crippen molar-refractivity contribution in [3.8, 4) is 17.5 Å². The summed E-state index contributed by atoms with van der Waals surface area (Å²) in [6.45, 7) is 3.64. The zero-order valence-corrected chi connectivity index (χ0v) is 16.4. The van der Waals surface area contributed by atoms with Gasteiger partial charge in [-0.15, -0.1) is 10.2 Å². The molecule has 0 unspecified atom stereocenters. The number of hydrogen-bond acceptors (Lipinski definition) is 6. The Hall–Kier alpha value is -2.76. The Kier molecular flexibility index (Phi) is 5.54. The lowest BCUT2D eigenvalue weighted by Crippen LogP contribution is -2.22. The van der Waals surface area contributed by atoms with Crippen molar-refractivity contribution in [1.82, 2.24) is 14.8 Å². The number of hydrogen-bond donors (Lipinski definition) is 1. The van der Waals surface area contributed by atoms with Gasteiger partial charge in [-0.05, 0) is 38.1 Å². The summed E-state index contributed by atoms with van der Waals surface area (Å²) in [6.07, 6.45) is 1.60. The molecule has 0 radical (unpaired) electrons. The van der Waals surface area contributed by atoms with Gasteiger partial charge in [0.2, 0.25) is 5.91 Å². The van der Waals surface area contributed by atoms with Gasteiger partial charge in [-0.3, -0.25) is 4.79 Å². The number of aromatic nitrogens is 3. The Balaban J connectivity index is 1.70. The molecule has 27 heavy (non-hydrogen) atoms. The number of thioether (sulfide) groups is 1. The van der Waals surface area contributed by atoms with Crippen molar-refractivity contribution in [3.63, 3.8) is 0 Å². The maximum Gasteiger partial charge on any atom is 0.237 e. The number of carbonyl (C=O) groups excluding carboxylic acids is 1. The summed E-state index contributed by atoms with van der Waals surface area (Å²) < 4.78 is 7.14. The van der Waals surface area contributed by atoms with Gasteiger partial charge in [-0.2, -0.15) is 5.26 Å². The number of aryl methyl sites for hydroxylation is 1. The molecule has 0 spiro atoms. The van der Waals surface area contributed by atoms with Crippen LogP contribution >= 0.6 is 23.4 Å². The van der Waals surface area contributed by atoms with Crippen molar-refractivity contribution in [2.24, 2.45) is 7.05 Å². The van der Waals surface area contributed by atoms with E-state index in [1.54, 1.807) is 31.4 Å². The number of furan rings is 1. The summed E-state index contributed by atoms with van der Waals surface area (Å²) in [5, 5.41) is 20.6. The van der Waals surface area contributed by atoms with Crippen molar-refractivity contribution in [2.45, 2.75) is 24.3 Å². The average molecular weight is 402 g/mol. The van der Waals surface area contributed by atoms with E-state index < -0.39 is 5.25 Å². The first-order chi connectivity index (χ1) is 12.9. The highest BCUT2D eigenvalue weighted by Crippen LogP contribution is 2.28. The third-order valence-corrected chi connectivity index (χ3v) is 5.39. The predicted molar refractivity (Wildman–Crippen MR) is 104 cm³/mol. The van der Waals surface area contributed by atoms with E-state index >= 15 is 0 Å². The molecule has 2 heterocycles. The molecule has 7 nitrogen and oxygen atoms in total. The summed E-state index contributed by atoms with van der Waals surface area (Å²) in [5.41, 5.74) is 1.75. The smallest absolute Gasteiger partial charge is 0.237 e. The fourth-order valence-corrected chi connectivity index (χ4v) is 3.45. The van der Waals surface area contributed by atoms with E-state index in [-0.39, 0.29) is 5.91 Å². The normalized spacial score (nSPS) is 11.8. The van der Waals surface area contributed by atoms with Crippen molar-refractivity contribution >= 4 is 35.0 Å². The minimum atomic E-state index is -0.416. The number of nitriles is 1. The standard InChI is InChI=1S/C18H16ClN5O2S/c1-10-14(6-7-26-10)16-22-23-18(24(16)3)27-11(2)17(25)21-13-5-4-12(9-20)15(19)8-13/h4-8,11H,1-3H3,(H,21,25)/t11-/m0/s1. The van der Waals surface area contributed by atoms with Gasteiger partial charge in [-0.25, -0.2) is 0 Å². The molecule has 1 atom stereocenters. The monoisotopic (exact) mass is 401 g/mol. The van der Waals surface area contributed by atoms with E-state index in [0.29, 0.717) is 27.3 Å². The summed E-state index contributed by atoms with van der Waals surface area (Å²) in [6, 6.07) is 8.57. The SMILES string of the molecule is Cc1occc1-c1nnc(S[C@@H](C)C(=O)Nc2ccc(C#N)c(Cl)c2)n1C. The van der Waals surface area contributed by atoms with E-state index in [4.69, 9.17) is 21.3 Å². The molecule has 1 amide bonds. The predicted octanol–water partition coefficient (Wildman–Crippen LogP) is 4.03. The highest BCUT2D eigenvalue weighted by Gasteiger charge is 2.21. The van der Waals surface area contributed by atoms with E-state index in [1.807, 2.05) is 30.7 Å².